The van der Waals surface area contributed by atoms with Gasteiger partial charge < -0.3 is 20.5 Å². The van der Waals surface area contributed by atoms with E-state index >= 15 is 0 Å². The van der Waals surface area contributed by atoms with Crippen LogP contribution in [-0.2, 0) is 6.42 Å². The van der Waals surface area contributed by atoms with E-state index in [9.17, 15) is 0 Å². The molecule has 24 heavy (non-hydrogen) atoms. The van der Waals surface area contributed by atoms with E-state index in [0.29, 0.717) is 0 Å². The van der Waals surface area contributed by atoms with Gasteiger partial charge >= 0.3 is 0 Å². The Morgan fingerprint density at radius 3 is 2.58 bits per heavy atom. The standard InChI is InChI=1S/C18H20N4O2/c1-23-15-8-7-12(11-16(15)24-2)9-10-20-17-13-5-3-4-6-14(13)21-18(19)22-17/h3-8,11H,9-10H2,1-2H3,(H3,19,20,21,22). The molecule has 6 heteroatoms. The van der Waals surface area contributed by atoms with Gasteiger partial charge in [-0.1, -0.05) is 18.2 Å². The van der Waals surface area contributed by atoms with Crippen LogP contribution in [0.4, 0.5) is 11.8 Å². The lowest BCUT2D eigenvalue weighted by atomic mass is 10.1. The first-order valence-corrected chi connectivity index (χ1v) is 7.68. The second-order valence-electron chi connectivity index (χ2n) is 5.31. The minimum absolute atomic E-state index is 0.266. The maximum absolute atomic E-state index is 5.78. The molecule has 3 N–H and O–H groups in total. The molecule has 3 rings (SSSR count). The number of fused-ring (bicyclic) bond motifs is 1. The number of nitrogens with zero attached hydrogens (tertiary/aromatic N) is 2. The first kappa shape index (κ1) is 15.9. The number of anilines is 2. The van der Waals surface area contributed by atoms with Crippen molar-refractivity contribution in [1.82, 2.24) is 9.97 Å². The number of hydrogen-bond acceptors (Lipinski definition) is 6. The lowest BCUT2D eigenvalue weighted by Gasteiger charge is -2.11. The van der Waals surface area contributed by atoms with E-state index in [-0.39, 0.29) is 5.95 Å². The second kappa shape index (κ2) is 7.04. The predicted octanol–water partition coefficient (Wildman–Crippen LogP) is 2.88. The molecule has 0 aliphatic rings. The van der Waals surface area contributed by atoms with E-state index in [4.69, 9.17) is 15.2 Å². The molecule has 0 fully saturated rings. The highest BCUT2D eigenvalue weighted by molar-refractivity contribution is 5.89. The number of nitrogens with two attached hydrogens (primary N) is 1. The van der Waals surface area contributed by atoms with Gasteiger partial charge in [-0.25, -0.2) is 4.98 Å². The molecule has 0 saturated heterocycles. The van der Waals surface area contributed by atoms with Crippen LogP contribution in [0, 0.1) is 0 Å². The van der Waals surface area contributed by atoms with Crippen LogP contribution >= 0.6 is 0 Å². The third kappa shape index (κ3) is 3.32. The number of nitrogens with one attached hydrogen (secondary N) is 1. The maximum Gasteiger partial charge on any atom is 0.222 e. The normalized spacial score (nSPS) is 10.6. The zero-order chi connectivity index (χ0) is 16.9. The lowest BCUT2D eigenvalue weighted by molar-refractivity contribution is 0.354. The van der Waals surface area contributed by atoms with Crippen molar-refractivity contribution in [3.8, 4) is 11.5 Å². The predicted molar refractivity (Wildman–Crippen MR) is 95.7 cm³/mol. The molecular weight excluding hydrogens is 304 g/mol. The highest BCUT2D eigenvalue weighted by Crippen LogP contribution is 2.28. The van der Waals surface area contributed by atoms with Crippen molar-refractivity contribution in [2.75, 3.05) is 31.8 Å². The van der Waals surface area contributed by atoms with E-state index in [1.807, 2.05) is 42.5 Å². The number of rotatable bonds is 6. The van der Waals surface area contributed by atoms with Crippen molar-refractivity contribution in [3.05, 3.63) is 48.0 Å². The summed E-state index contributed by atoms with van der Waals surface area (Å²) in [5.74, 6) is 2.47. The smallest absolute Gasteiger partial charge is 0.222 e. The molecule has 0 aliphatic carbocycles. The summed E-state index contributed by atoms with van der Waals surface area (Å²) in [6.45, 7) is 0.718. The van der Waals surface area contributed by atoms with Gasteiger partial charge in [0.15, 0.2) is 11.5 Å². The topological polar surface area (TPSA) is 82.3 Å². The van der Waals surface area contributed by atoms with Gasteiger partial charge in [0.25, 0.3) is 0 Å². The number of hydrogen-bond donors (Lipinski definition) is 2. The monoisotopic (exact) mass is 324 g/mol. The minimum atomic E-state index is 0.266. The summed E-state index contributed by atoms with van der Waals surface area (Å²) in [5, 5.41) is 4.30. The van der Waals surface area contributed by atoms with Crippen LogP contribution in [-0.4, -0.2) is 30.7 Å². The molecule has 2 aromatic carbocycles. The molecule has 0 unspecified atom stereocenters. The van der Waals surface area contributed by atoms with Gasteiger partial charge in [-0.3, -0.25) is 0 Å². The fraction of sp³-hybridized carbons (Fsp3) is 0.222. The maximum atomic E-state index is 5.78. The van der Waals surface area contributed by atoms with Crippen LogP contribution in [0.1, 0.15) is 5.56 Å². The molecule has 3 aromatic rings. The average molecular weight is 324 g/mol. The zero-order valence-electron chi connectivity index (χ0n) is 13.7. The summed E-state index contributed by atoms with van der Waals surface area (Å²) in [6.07, 6.45) is 0.818. The van der Waals surface area contributed by atoms with E-state index in [2.05, 4.69) is 15.3 Å². The Kier molecular flexibility index (Phi) is 4.65. The zero-order valence-corrected chi connectivity index (χ0v) is 13.7. The Bertz CT molecular complexity index is 852. The Balaban J connectivity index is 1.73. The third-order valence-corrected chi connectivity index (χ3v) is 3.77. The lowest BCUT2D eigenvalue weighted by Crippen LogP contribution is -2.09. The van der Waals surface area contributed by atoms with Gasteiger partial charge in [0.05, 0.1) is 19.7 Å². The van der Waals surface area contributed by atoms with Crippen molar-refractivity contribution in [3.63, 3.8) is 0 Å². The summed E-state index contributed by atoms with van der Waals surface area (Å²) >= 11 is 0. The van der Waals surface area contributed by atoms with Gasteiger partial charge in [-0.2, -0.15) is 4.98 Å². The Labute approximate surface area is 140 Å². The number of nitrogen functional groups attached to an aromatic ring is 1. The SMILES string of the molecule is COc1ccc(CCNc2nc(N)nc3ccccc23)cc1OC. The van der Waals surface area contributed by atoms with Crippen LogP contribution in [0.2, 0.25) is 0 Å². The molecule has 0 bridgehead atoms. The fourth-order valence-electron chi connectivity index (χ4n) is 2.59. The molecule has 1 aromatic heterocycles. The van der Waals surface area contributed by atoms with Crippen molar-refractivity contribution < 1.29 is 9.47 Å². The number of methoxy groups -OCH3 is 2. The number of benzene rings is 2. The van der Waals surface area contributed by atoms with Crippen LogP contribution in [0.5, 0.6) is 11.5 Å². The highest BCUT2D eigenvalue weighted by Gasteiger charge is 2.07. The van der Waals surface area contributed by atoms with Crippen LogP contribution in [0.15, 0.2) is 42.5 Å². The molecule has 1 heterocycles. The van der Waals surface area contributed by atoms with Gasteiger partial charge in [-0.05, 0) is 36.2 Å². The van der Waals surface area contributed by atoms with Gasteiger partial charge in [-0.15, -0.1) is 0 Å². The quantitative estimate of drug-likeness (QED) is 0.725. The molecule has 0 aliphatic heterocycles. The summed E-state index contributed by atoms with van der Waals surface area (Å²) < 4.78 is 10.6. The number of aromatic nitrogens is 2. The Morgan fingerprint density at radius 2 is 1.79 bits per heavy atom. The van der Waals surface area contributed by atoms with E-state index < -0.39 is 0 Å². The second-order valence-corrected chi connectivity index (χ2v) is 5.31. The van der Waals surface area contributed by atoms with Crippen LogP contribution in [0.3, 0.4) is 0 Å². The minimum Gasteiger partial charge on any atom is -0.493 e. The molecule has 6 nitrogen and oxygen atoms in total. The summed E-state index contributed by atoms with van der Waals surface area (Å²) in [7, 11) is 3.26. The van der Waals surface area contributed by atoms with Crippen molar-refractivity contribution >= 4 is 22.7 Å². The molecule has 0 radical (unpaired) electrons. The van der Waals surface area contributed by atoms with Gasteiger partial charge in [0.2, 0.25) is 5.95 Å². The summed E-state index contributed by atoms with van der Waals surface area (Å²) in [4.78, 5) is 8.55. The van der Waals surface area contributed by atoms with E-state index in [1.165, 1.54) is 0 Å². The molecule has 0 saturated carbocycles. The van der Waals surface area contributed by atoms with Gasteiger partial charge in [0, 0.05) is 11.9 Å². The fourth-order valence-corrected chi connectivity index (χ4v) is 2.59. The molecule has 0 atom stereocenters. The Morgan fingerprint density at radius 1 is 1.00 bits per heavy atom. The molecule has 0 amide bonds. The Hall–Kier alpha value is -3.02. The first-order valence-electron chi connectivity index (χ1n) is 7.68. The van der Waals surface area contributed by atoms with Gasteiger partial charge in [0.1, 0.15) is 5.82 Å². The summed E-state index contributed by atoms with van der Waals surface area (Å²) in [6, 6.07) is 13.7. The molecule has 0 spiro atoms. The average Bonchev–Trinajstić information content (AvgIpc) is 2.61. The van der Waals surface area contributed by atoms with Crippen LogP contribution in [0.25, 0.3) is 10.9 Å². The third-order valence-electron chi connectivity index (χ3n) is 3.77. The van der Waals surface area contributed by atoms with Crippen LogP contribution < -0.4 is 20.5 Å². The van der Waals surface area contributed by atoms with Crippen molar-refractivity contribution in [2.45, 2.75) is 6.42 Å². The highest BCUT2D eigenvalue weighted by atomic mass is 16.5. The molecular formula is C18H20N4O2. The number of para-hydroxylation sites is 1. The van der Waals surface area contributed by atoms with Crippen molar-refractivity contribution in [2.24, 2.45) is 0 Å². The van der Waals surface area contributed by atoms with E-state index in [1.54, 1.807) is 14.2 Å². The largest absolute Gasteiger partial charge is 0.493 e. The van der Waals surface area contributed by atoms with E-state index in [0.717, 1.165) is 46.7 Å². The molecule has 124 valence electrons. The summed E-state index contributed by atoms with van der Waals surface area (Å²) in [5.41, 5.74) is 7.76. The first-order chi connectivity index (χ1) is 11.7. The number of ether oxygens (including phenoxy) is 2. The van der Waals surface area contributed by atoms with Crippen molar-refractivity contribution in [1.29, 1.82) is 0 Å².